The number of nitrogens with one attached hydrogen (secondary N) is 1. The van der Waals surface area contributed by atoms with Crippen molar-refractivity contribution in [2.75, 3.05) is 6.54 Å². The number of nitrogens with zero attached hydrogens (tertiary/aromatic N) is 5. The summed E-state index contributed by atoms with van der Waals surface area (Å²) in [4.78, 5) is 39.3. The van der Waals surface area contributed by atoms with Crippen molar-refractivity contribution in [1.82, 2.24) is 24.6 Å². The Morgan fingerprint density at radius 1 is 1.18 bits per heavy atom. The highest BCUT2D eigenvalue weighted by Crippen LogP contribution is 2.13. The van der Waals surface area contributed by atoms with Gasteiger partial charge in [-0.25, -0.2) is 14.1 Å². The Hall–Kier alpha value is -4.67. The Morgan fingerprint density at radius 2 is 1.94 bits per heavy atom. The van der Waals surface area contributed by atoms with E-state index in [0.29, 0.717) is 22.2 Å². The number of fused-ring (bicyclic) bond motifs is 1. The number of hydrogen-bond acceptors (Lipinski definition) is 6. The lowest BCUT2D eigenvalue weighted by Crippen LogP contribution is -2.26. The summed E-state index contributed by atoms with van der Waals surface area (Å²) >= 11 is 0. The molecule has 0 fully saturated rings. The first-order valence-corrected chi connectivity index (χ1v) is 10.3. The molecular weight excluding hydrogens is 443 g/mol. The molecule has 0 atom stereocenters. The summed E-state index contributed by atoms with van der Waals surface area (Å²) in [5.74, 6) is -0.751. The van der Waals surface area contributed by atoms with Gasteiger partial charge in [-0.3, -0.25) is 24.3 Å². The van der Waals surface area contributed by atoms with Gasteiger partial charge in [0.15, 0.2) is 5.65 Å². The lowest BCUT2D eigenvalue weighted by atomic mass is 10.2. The molecule has 1 amide bonds. The Labute approximate surface area is 192 Å². The average molecular weight is 462 g/mol. The second-order valence-electron chi connectivity index (χ2n) is 7.35. The Morgan fingerprint density at radius 3 is 2.68 bits per heavy atom. The van der Waals surface area contributed by atoms with Crippen LogP contribution in [0, 0.1) is 15.9 Å². The average Bonchev–Trinajstić information content (AvgIpc) is 3.25. The summed E-state index contributed by atoms with van der Waals surface area (Å²) in [5, 5.41) is 17.9. The maximum Gasteiger partial charge on any atom is 0.269 e. The van der Waals surface area contributed by atoms with Crippen LogP contribution < -0.4 is 10.9 Å². The maximum atomic E-state index is 13.9. The molecule has 0 saturated heterocycles. The van der Waals surface area contributed by atoms with E-state index in [2.05, 4.69) is 15.4 Å². The number of hydrogen-bond donors (Lipinski definition) is 1. The zero-order valence-electron chi connectivity index (χ0n) is 17.8. The molecule has 2 heterocycles. The van der Waals surface area contributed by atoms with E-state index in [-0.39, 0.29) is 36.8 Å². The van der Waals surface area contributed by atoms with Crippen LogP contribution >= 0.6 is 0 Å². The minimum Gasteiger partial charge on any atom is -0.351 e. The molecule has 0 aliphatic heterocycles. The number of halogens is 1. The smallest absolute Gasteiger partial charge is 0.269 e. The SMILES string of the molecule is O=C(/C=C\c1ccc([N+](=O)[O-])cc1)NCCn1ncc2c(=O)n(Cc3ccccc3F)cnc21. The summed E-state index contributed by atoms with van der Waals surface area (Å²) in [6.07, 6.45) is 5.61. The van der Waals surface area contributed by atoms with Gasteiger partial charge >= 0.3 is 0 Å². The Kier molecular flexibility index (Phi) is 6.53. The number of benzene rings is 2. The van der Waals surface area contributed by atoms with Crippen molar-refractivity contribution in [3.8, 4) is 0 Å². The molecule has 0 radical (unpaired) electrons. The Bertz CT molecular complexity index is 1440. The molecule has 2 aromatic carbocycles. The van der Waals surface area contributed by atoms with Gasteiger partial charge in [-0.15, -0.1) is 0 Å². The van der Waals surface area contributed by atoms with Crippen molar-refractivity contribution >= 4 is 28.7 Å². The summed E-state index contributed by atoms with van der Waals surface area (Å²) < 4.78 is 16.7. The fraction of sp³-hybridized carbons (Fsp3) is 0.130. The van der Waals surface area contributed by atoms with Crippen molar-refractivity contribution in [3.63, 3.8) is 0 Å². The van der Waals surface area contributed by atoms with Gasteiger partial charge < -0.3 is 5.32 Å². The zero-order valence-corrected chi connectivity index (χ0v) is 17.8. The summed E-state index contributed by atoms with van der Waals surface area (Å²) in [6, 6.07) is 12.0. The van der Waals surface area contributed by atoms with Gasteiger partial charge in [-0.05, 0) is 29.8 Å². The third-order valence-corrected chi connectivity index (χ3v) is 5.07. The molecule has 4 rings (SSSR count). The molecule has 0 saturated carbocycles. The van der Waals surface area contributed by atoms with E-state index < -0.39 is 10.7 Å². The molecule has 0 spiro atoms. The van der Waals surface area contributed by atoms with Crippen LogP contribution in [0.5, 0.6) is 0 Å². The number of non-ortho nitro benzene ring substituents is 1. The van der Waals surface area contributed by atoms with Gasteiger partial charge in [0.1, 0.15) is 17.5 Å². The van der Waals surface area contributed by atoms with E-state index in [1.807, 2.05) is 0 Å². The molecule has 0 aliphatic rings. The number of nitro groups is 1. The first-order chi connectivity index (χ1) is 16.4. The molecule has 4 aromatic rings. The molecule has 11 heteroatoms. The van der Waals surface area contributed by atoms with Crippen LogP contribution in [0.1, 0.15) is 11.1 Å². The van der Waals surface area contributed by atoms with Gasteiger partial charge in [-0.1, -0.05) is 18.2 Å². The highest BCUT2D eigenvalue weighted by Gasteiger charge is 2.12. The Balaban J connectivity index is 1.37. The quantitative estimate of drug-likeness (QED) is 0.244. The number of amides is 1. The van der Waals surface area contributed by atoms with Crippen molar-refractivity contribution in [2.24, 2.45) is 0 Å². The van der Waals surface area contributed by atoms with Crippen LogP contribution in [0.2, 0.25) is 0 Å². The number of rotatable bonds is 8. The first kappa shape index (κ1) is 22.5. The topological polar surface area (TPSA) is 125 Å². The molecule has 10 nitrogen and oxygen atoms in total. The number of aromatic nitrogens is 4. The van der Waals surface area contributed by atoms with Crippen molar-refractivity contribution < 1.29 is 14.1 Å². The molecule has 2 aromatic heterocycles. The maximum absolute atomic E-state index is 13.9. The fourth-order valence-electron chi connectivity index (χ4n) is 3.31. The van der Waals surface area contributed by atoms with Gasteiger partial charge in [0, 0.05) is 30.3 Å². The van der Waals surface area contributed by atoms with E-state index in [4.69, 9.17) is 0 Å². The second-order valence-corrected chi connectivity index (χ2v) is 7.35. The van der Waals surface area contributed by atoms with Crippen LogP contribution in [0.25, 0.3) is 17.1 Å². The van der Waals surface area contributed by atoms with Crippen molar-refractivity contribution in [2.45, 2.75) is 13.1 Å². The standard InChI is InChI=1S/C23H19FN6O4/c24-20-4-2-1-3-17(20)14-28-15-26-22-19(23(28)32)13-27-29(22)12-11-25-21(31)10-7-16-5-8-18(9-6-16)30(33)34/h1-10,13,15H,11-12,14H2,(H,25,31)/b10-7-. The van der Waals surface area contributed by atoms with Crippen LogP contribution in [0.4, 0.5) is 10.1 Å². The molecule has 34 heavy (non-hydrogen) atoms. The third-order valence-electron chi connectivity index (χ3n) is 5.07. The van der Waals surface area contributed by atoms with Gasteiger partial charge in [-0.2, -0.15) is 5.10 Å². The summed E-state index contributed by atoms with van der Waals surface area (Å²) in [6.45, 7) is 0.571. The van der Waals surface area contributed by atoms with E-state index >= 15 is 0 Å². The van der Waals surface area contributed by atoms with Crippen molar-refractivity contribution in [1.29, 1.82) is 0 Å². The van der Waals surface area contributed by atoms with E-state index in [9.17, 15) is 24.1 Å². The van der Waals surface area contributed by atoms with Crippen LogP contribution in [0.15, 0.2) is 71.9 Å². The molecule has 0 unspecified atom stereocenters. The van der Waals surface area contributed by atoms with E-state index in [0.717, 1.165) is 0 Å². The minimum absolute atomic E-state index is 0.0272. The highest BCUT2D eigenvalue weighted by atomic mass is 19.1. The molecule has 0 aliphatic carbocycles. The van der Waals surface area contributed by atoms with Gasteiger partial charge in [0.05, 0.1) is 24.2 Å². The van der Waals surface area contributed by atoms with E-state index in [1.165, 1.54) is 46.0 Å². The molecule has 172 valence electrons. The minimum atomic E-state index is -0.494. The zero-order chi connectivity index (χ0) is 24.1. The fourth-order valence-corrected chi connectivity index (χ4v) is 3.31. The van der Waals surface area contributed by atoms with Gasteiger partial charge in [0.25, 0.3) is 11.2 Å². The lowest BCUT2D eigenvalue weighted by molar-refractivity contribution is -0.384. The highest BCUT2D eigenvalue weighted by molar-refractivity contribution is 5.91. The van der Waals surface area contributed by atoms with E-state index in [1.54, 1.807) is 36.4 Å². The number of nitro benzene ring substituents is 1. The van der Waals surface area contributed by atoms with Crippen molar-refractivity contribution in [3.05, 3.63) is 105 Å². The first-order valence-electron chi connectivity index (χ1n) is 10.3. The normalized spacial score (nSPS) is 11.2. The van der Waals surface area contributed by atoms with Crippen LogP contribution in [-0.4, -0.2) is 36.7 Å². The second kappa shape index (κ2) is 9.86. The predicted octanol–water partition coefficient (Wildman–Crippen LogP) is 2.52. The molecule has 0 bridgehead atoms. The van der Waals surface area contributed by atoms with Gasteiger partial charge in [0.2, 0.25) is 5.91 Å². The number of carbonyl (C=O) groups is 1. The predicted molar refractivity (Wildman–Crippen MR) is 122 cm³/mol. The lowest BCUT2D eigenvalue weighted by Gasteiger charge is -2.07. The molecule has 1 N–H and O–H groups in total. The third kappa shape index (κ3) is 5.04. The number of carbonyl (C=O) groups excluding carboxylic acids is 1. The summed E-state index contributed by atoms with van der Waals surface area (Å²) in [5.41, 5.74) is 1.03. The molecular formula is C23H19FN6O4. The van der Waals surface area contributed by atoms with Crippen LogP contribution in [0.3, 0.4) is 0 Å². The summed E-state index contributed by atoms with van der Waals surface area (Å²) in [7, 11) is 0. The largest absolute Gasteiger partial charge is 0.351 e. The monoisotopic (exact) mass is 462 g/mol. The van der Waals surface area contributed by atoms with Crippen LogP contribution in [-0.2, 0) is 17.9 Å².